The Balaban J connectivity index is 1.53. The number of carbonyl (C=O) groups is 1. The minimum atomic E-state index is -0.295. The van der Waals surface area contributed by atoms with E-state index >= 15 is 0 Å². The number of ether oxygens (including phenoxy) is 2. The monoisotopic (exact) mass is 550 g/mol. The molecule has 0 aliphatic carbocycles. The molecule has 0 heterocycles. The quantitative estimate of drug-likeness (QED) is 0.162. The van der Waals surface area contributed by atoms with E-state index in [4.69, 9.17) is 9.47 Å². The zero-order valence-electron chi connectivity index (χ0n) is 18.1. The van der Waals surface area contributed by atoms with E-state index in [0.717, 1.165) is 27.6 Å². The molecular weight excluding hydrogens is 527 g/mol. The third-order valence-electron chi connectivity index (χ3n) is 5.03. The van der Waals surface area contributed by atoms with E-state index in [1.807, 2.05) is 55.5 Å². The fourth-order valence-corrected chi connectivity index (χ4v) is 3.73. The Morgan fingerprint density at radius 3 is 2.45 bits per heavy atom. The van der Waals surface area contributed by atoms with E-state index in [1.54, 1.807) is 30.5 Å². The maximum absolute atomic E-state index is 12.5. The van der Waals surface area contributed by atoms with Gasteiger partial charge in [0.2, 0.25) is 0 Å². The van der Waals surface area contributed by atoms with Gasteiger partial charge in [-0.2, -0.15) is 5.10 Å². The molecule has 5 nitrogen and oxygen atoms in total. The molecule has 0 unspecified atom stereocenters. The number of carbonyl (C=O) groups excluding carboxylic acids is 1. The van der Waals surface area contributed by atoms with Gasteiger partial charge in [-0.15, -0.1) is 0 Å². The zero-order chi connectivity index (χ0) is 23.0. The topological polar surface area (TPSA) is 59.9 Å². The van der Waals surface area contributed by atoms with Crippen LogP contribution in [-0.2, 0) is 6.61 Å². The van der Waals surface area contributed by atoms with Crippen LogP contribution in [0.2, 0.25) is 0 Å². The molecule has 0 atom stereocenters. The van der Waals surface area contributed by atoms with E-state index in [1.165, 1.54) is 3.57 Å². The Morgan fingerprint density at radius 2 is 1.70 bits per heavy atom. The number of hydrogen-bond donors (Lipinski definition) is 1. The molecule has 0 bridgehead atoms. The van der Waals surface area contributed by atoms with Crippen LogP contribution in [-0.4, -0.2) is 18.7 Å². The van der Waals surface area contributed by atoms with Crippen LogP contribution in [0.15, 0.2) is 90.0 Å². The highest BCUT2D eigenvalue weighted by molar-refractivity contribution is 14.1. The number of amides is 1. The first kappa shape index (κ1) is 22.8. The number of benzene rings is 4. The van der Waals surface area contributed by atoms with Gasteiger partial charge in [-0.3, -0.25) is 4.79 Å². The van der Waals surface area contributed by atoms with Crippen LogP contribution in [0.3, 0.4) is 0 Å². The summed E-state index contributed by atoms with van der Waals surface area (Å²) in [6.45, 7) is 2.94. The SMILES string of the molecule is CCOc1ccc(C(=O)N/N=C/c2c(OCc3ccc(I)cc3)ccc3ccccc23)cc1. The molecule has 0 aromatic heterocycles. The third kappa shape index (κ3) is 5.90. The molecule has 33 heavy (non-hydrogen) atoms. The molecule has 1 amide bonds. The molecule has 0 fully saturated rings. The van der Waals surface area contributed by atoms with Crippen molar-refractivity contribution >= 4 is 45.5 Å². The Kier molecular flexibility index (Phi) is 7.57. The second-order valence-corrected chi connectivity index (χ2v) is 8.52. The van der Waals surface area contributed by atoms with Crippen molar-refractivity contribution in [2.75, 3.05) is 6.61 Å². The molecule has 4 aromatic rings. The largest absolute Gasteiger partial charge is 0.494 e. The van der Waals surface area contributed by atoms with Gasteiger partial charge in [-0.1, -0.05) is 42.5 Å². The van der Waals surface area contributed by atoms with E-state index in [-0.39, 0.29) is 5.91 Å². The van der Waals surface area contributed by atoms with Crippen molar-refractivity contribution in [3.05, 3.63) is 105 Å². The fourth-order valence-electron chi connectivity index (χ4n) is 3.37. The smallest absolute Gasteiger partial charge is 0.271 e. The number of hydrogen-bond acceptors (Lipinski definition) is 4. The summed E-state index contributed by atoms with van der Waals surface area (Å²) in [4.78, 5) is 12.5. The Labute approximate surface area is 206 Å². The van der Waals surface area contributed by atoms with Crippen LogP contribution in [0.1, 0.15) is 28.4 Å². The summed E-state index contributed by atoms with van der Waals surface area (Å²) in [5.74, 6) is 1.13. The van der Waals surface area contributed by atoms with Crippen molar-refractivity contribution in [1.29, 1.82) is 0 Å². The molecule has 166 valence electrons. The van der Waals surface area contributed by atoms with Gasteiger partial charge < -0.3 is 9.47 Å². The molecule has 0 aliphatic heterocycles. The highest BCUT2D eigenvalue weighted by Gasteiger charge is 2.09. The van der Waals surface area contributed by atoms with Crippen LogP contribution in [0.25, 0.3) is 10.8 Å². The number of nitrogens with zero attached hydrogens (tertiary/aromatic N) is 1. The van der Waals surface area contributed by atoms with Gasteiger partial charge in [0.05, 0.1) is 12.8 Å². The summed E-state index contributed by atoms with van der Waals surface area (Å²) in [5.41, 5.74) is 5.00. The zero-order valence-corrected chi connectivity index (χ0v) is 20.3. The van der Waals surface area contributed by atoms with E-state index in [9.17, 15) is 4.79 Å². The molecule has 4 aromatic carbocycles. The highest BCUT2D eigenvalue weighted by Crippen LogP contribution is 2.27. The molecule has 4 rings (SSSR count). The summed E-state index contributed by atoms with van der Waals surface area (Å²) in [5, 5.41) is 6.28. The minimum absolute atomic E-state index is 0.295. The number of nitrogens with one attached hydrogen (secondary N) is 1. The number of hydrazone groups is 1. The molecule has 0 saturated heterocycles. The minimum Gasteiger partial charge on any atom is -0.494 e. The summed E-state index contributed by atoms with van der Waals surface area (Å²) in [7, 11) is 0. The molecule has 0 spiro atoms. The van der Waals surface area contributed by atoms with Gasteiger partial charge in [0.15, 0.2) is 0 Å². The maximum Gasteiger partial charge on any atom is 0.271 e. The Bertz CT molecular complexity index is 1270. The van der Waals surface area contributed by atoms with Crippen LogP contribution in [0.5, 0.6) is 11.5 Å². The van der Waals surface area contributed by atoms with Crippen LogP contribution in [0.4, 0.5) is 0 Å². The Morgan fingerprint density at radius 1 is 0.939 bits per heavy atom. The van der Waals surface area contributed by atoms with E-state index in [0.29, 0.717) is 24.5 Å². The number of rotatable bonds is 8. The van der Waals surface area contributed by atoms with Crippen LogP contribution >= 0.6 is 22.6 Å². The molecule has 0 aliphatic rings. The van der Waals surface area contributed by atoms with Gasteiger partial charge in [0, 0.05) is 14.7 Å². The predicted octanol–water partition coefficient (Wildman–Crippen LogP) is 6.19. The average molecular weight is 550 g/mol. The van der Waals surface area contributed by atoms with Gasteiger partial charge in [0.1, 0.15) is 18.1 Å². The van der Waals surface area contributed by atoms with Crippen molar-refractivity contribution in [2.45, 2.75) is 13.5 Å². The second-order valence-electron chi connectivity index (χ2n) is 7.27. The second kappa shape index (κ2) is 11.0. The summed E-state index contributed by atoms with van der Waals surface area (Å²) >= 11 is 2.28. The molecule has 0 radical (unpaired) electrons. The summed E-state index contributed by atoms with van der Waals surface area (Å²) < 4.78 is 12.7. The van der Waals surface area contributed by atoms with Crippen molar-refractivity contribution in [1.82, 2.24) is 5.43 Å². The Hall–Kier alpha value is -3.39. The van der Waals surface area contributed by atoms with Crippen molar-refractivity contribution in [3.8, 4) is 11.5 Å². The number of fused-ring (bicyclic) bond motifs is 1. The van der Waals surface area contributed by atoms with Crippen LogP contribution in [0, 0.1) is 3.57 Å². The lowest BCUT2D eigenvalue weighted by atomic mass is 10.0. The predicted molar refractivity (Wildman–Crippen MR) is 140 cm³/mol. The maximum atomic E-state index is 12.5. The highest BCUT2D eigenvalue weighted by atomic mass is 127. The lowest BCUT2D eigenvalue weighted by Crippen LogP contribution is -2.17. The first-order valence-electron chi connectivity index (χ1n) is 10.6. The van der Waals surface area contributed by atoms with Gasteiger partial charge in [0.25, 0.3) is 5.91 Å². The fraction of sp³-hybridized carbons (Fsp3) is 0.111. The number of halogens is 1. The van der Waals surface area contributed by atoms with Gasteiger partial charge in [-0.05, 0) is 88.3 Å². The standard InChI is InChI=1S/C27H23IN2O3/c1-2-32-23-14-9-21(10-15-23)27(31)30-29-17-25-24-6-4-3-5-20(24)11-16-26(25)33-18-19-7-12-22(28)13-8-19/h3-17H,2,18H2,1H3,(H,30,31)/b29-17+. The summed E-state index contributed by atoms with van der Waals surface area (Å²) in [6.07, 6.45) is 1.64. The molecule has 0 saturated carbocycles. The lowest BCUT2D eigenvalue weighted by Gasteiger charge is -2.12. The first-order valence-corrected chi connectivity index (χ1v) is 11.7. The first-order chi connectivity index (χ1) is 16.1. The molecular formula is C27H23IN2O3. The van der Waals surface area contributed by atoms with E-state index < -0.39 is 0 Å². The normalized spacial score (nSPS) is 11.0. The van der Waals surface area contributed by atoms with Crippen molar-refractivity contribution in [3.63, 3.8) is 0 Å². The third-order valence-corrected chi connectivity index (χ3v) is 5.74. The van der Waals surface area contributed by atoms with Gasteiger partial charge >= 0.3 is 0 Å². The van der Waals surface area contributed by atoms with Crippen molar-refractivity contribution in [2.24, 2.45) is 5.10 Å². The van der Waals surface area contributed by atoms with Gasteiger partial charge in [-0.25, -0.2) is 5.43 Å². The summed E-state index contributed by atoms with van der Waals surface area (Å²) in [6, 6.07) is 27.1. The molecule has 1 N–H and O–H groups in total. The van der Waals surface area contributed by atoms with E-state index in [2.05, 4.69) is 45.3 Å². The lowest BCUT2D eigenvalue weighted by molar-refractivity contribution is 0.0955. The average Bonchev–Trinajstić information content (AvgIpc) is 2.85. The van der Waals surface area contributed by atoms with Crippen LogP contribution < -0.4 is 14.9 Å². The molecule has 6 heteroatoms. The van der Waals surface area contributed by atoms with Crippen molar-refractivity contribution < 1.29 is 14.3 Å².